The van der Waals surface area contributed by atoms with Gasteiger partial charge in [-0.2, -0.15) is 0 Å². The summed E-state index contributed by atoms with van der Waals surface area (Å²) in [5.41, 5.74) is 21.2. The second-order valence-corrected chi connectivity index (χ2v) is 13.5. The predicted octanol–water partition coefficient (Wildman–Crippen LogP) is 5.43. The number of amides is 2. The van der Waals surface area contributed by atoms with E-state index in [1.165, 1.54) is 6.07 Å². The van der Waals surface area contributed by atoms with Gasteiger partial charge in [0, 0.05) is 56.3 Å². The summed E-state index contributed by atoms with van der Waals surface area (Å²) < 4.78 is 32.4. The molecule has 12 nitrogen and oxygen atoms in total. The summed E-state index contributed by atoms with van der Waals surface area (Å²) >= 11 is 0. The molecule has 280 valence electrons. The van der Waals surface area contributed by atoms with Crippen LogP contribution in [0, 0.1) is 18.6 Å². The van der Waals surface area contributed by atoms with Crippen molar-refractivity contribution in [2.24, 2.45) is 0 Å². The third kappa shape index (κ3) is 8.39. The van der Waals surface area contributed by atoms with E-state index in [4.69, 9.17) is 16.2 Å². The van der Waals surface area contributed by atoms with Gasteiger partial charge in [-0.3, -0.25) is 24.5 Å². The maximum Gasteiger partial charge on any atom is 0.229 e. The molecule has 4 N–H and O–H groups in total. The van der Waals surface area contributed by atoms with Crippen LogP contribution < -0.4 is 11.5 Å². The first-order valence-corrected chi connectivity index (χ1v) is 17.7. The highest BCUT2D eigenvalue weighted by atomic mass is 19.1. The largest absolute Gasteiger partial charge is 0.397 e. The lowest BCUT2D eigenvalue weighted by Gasteiger charge is -2.16. The Bertz CT molecular complexity index is 2360. The zero-order valence-electron chi connectivity index (χ0n) is 30.4. The highest BCUT2D eigenvalue weighted by molar-refractivity contribution is 5.82. The summed E-state index contributed by atoms with van der Waals surface area (Å²) in [6.07, 6.45) is 10.8. The van der Waals surface area contributed by atoms with Crippen LogP contribution in [-0.4, -0.2) is 53.6 Å². The Morgan fingerprint density at radius 1 is 0.782 bits per heavy atom. The fourth-order valence-electron chi connectivity index (χ4n) is 6.64. The van der Waals surface area contributed by atoms with E-state index in [0.717, 1.165) is 63.7 Å². The third-order valence-corrected chi connectivity index (χ3v) is 9.60. The van der Waals surface area contributed by atoms with Crippen molar-refractivity contribution in [2.75, 3.05) is 18.6 Å². The number of aromatic nitrogens is 5. The Morgan fingerprint density at radius 2 is 1.44 bits per heavy atom. The zero-order valence-corrected chi connectivity index (χ0v) is 30.4. The molecule has 6 heterocycles. The van der Waals surface area contributed by atoms with Crippen molar-refractivity contribution < 1.29 is 23.1 Å². The average molecular weight is 744 g/mol. The predicted molar refractivity (Wildman–Crippen MR) is 202 cm³/mol. The van der Waals surface area contributed by atoms with E-state index >= 15 is 0 Å². The second kappa shape index (κ2) is 15.9. The molecule has 8 rings (SSSR count). The van der Waals surface area contributed by atoms with Gasteiger partial charge in [0.1, 0.15) is 17.5 Å². The highest BCUT2D eigenvalue weighted by Gasteiger charge is 2.27. The minimum atomic E-state index is -0.723. The molecule has 0 unspecified atom stereocenters. The van der Waals surface area contributed by atoms with Crippen LogP contribution in [0.3, 0.4) is 0 Å². The monoisotopic (exact) mass is 743 g/mol. The highest BCUT2D eigenvalue weighted by Crippen LogP contribution is 2.28. The third-order valence-electron chi connectivity index (χ3n) is 9.60. The Kier molecular flexibility index (Phi) is 10.7. The van der Waals surface area contributed by atoms with E-state index in [0.29, 0.717) is 61.2 Å². The maximum absolute atomic E-state index is 14.1. The minimum absolute atomic E-state index is 0.00512. The van der Waals surface area contributed by atoms with Gasteiger partial charge in [0.25, 0.3) is 0 Å². The number of rotatable bonds is 8. The van der Waals surface area contributed by atoms with Gasteiger partial charge in [-0.05, 0) is 72.5 Å². The van der Waals surface area contributed by atoms with Crippen LogP contribution in [0.5, 0.6) is 0 Å². The van der Waals surface area contributed by atoms with E-state index in [1.54, 1.807) is 41.4 Å². The number of nitrogen functional groups attached to an aromatic ring is 2. The molecule has 2 amide bonds. The van der Waals surface area contributed by atoms with Crippen molar-refractivity contribution in [1.82, 2.24) is 34.7 Å². The van der Waals surface area contributed by atoms with Gasteiger partial charge < -0.3 is 26.0 Å². The fraction of sp³-hybridized carbons (Fsp3) is 0.244. The topological polar surface area (TPSA) is 166 Å². The first-order valence-electron chi connectivity index (χ1n) is 17.7. The number of carbonyl (C=O) groups excluding carboxylic acids is 2. The van der Waals surface area contributed by atoms with Gasteiger partial charge in [-0.25, -0.2) is 18.7 Å². The molecule has 0 saturated carbocycles. The van der Waals surface area contributed by atoms with Crippen LogP contribution in [0.1, 0.15) is 57.4 Å². The van der Waals surface area contributed by atoms with Crippen molar-refractivity contribution in [3.63, 3.8) is 0 Å². The number of carbonyl (C=O) groups is 2. The molecule has 0 atom stereocenters. The van der Waals surface area contributed by atoms with Crippen molar-refractivity contribution in [3.05, 3.63) is 142 Å². The van der Waals surface area contributed by atoms with Crippen LogP contribution in [0.25, 0.3) is 16.8 Å². The number of nitrogens with zero attached hydrogens (tertiary/aromatic N) is 7. The molecule has 2 aliphatic heterocycles. The number of benzene rings is 1. The van der Waals surface area contributed by atoms with Gasteiger partial charge >= 0.3 is 0 Å². The summed E-state index contributed by atoms with van der Waals surface area (Å²) in [6, 6.07) is 12.1. The van der Waals surface area contributed by atoms with E-state index < -0.39 is 11.6 Å². The minimum Gasteiger partial charge on any atom is -0.397 e. The SMILES string of the molecule is COCc1cc2c(cn1)CN(C(=O)Cc1nc(-c3ccc(F)cc3F)ccc1N)C2.Cc1ncc2c(n1)CN(C(=O)Cc1nc(C3=CC=CC3)ccc1N)C2. The van der Waals surface area contributed by atoms with Crippen LogP contribution in [0.2, 0.25) is 0 Å². The van der Waals surface area contributed by atoms with E-state index in [9.17, 15) is 18.4 Å². The number of hydrogen-bond donors (Lipinski definition) is 2. The molecule has 0 spiro atoms. The number of methoxy groups -OCH3 is 1. The lowest BCUT2D eigenvalue weighted by Crippen LogP contribution is -2.27. The number of anilines is 2. The summed E-state index contributed by atoms with van der Waals surface area (Å²) in [7, 11) is 1.61. The molecule has 3 aliphatic rings. The van der Waals surface area contributed by atoms with Gasteiger partial charge in [-0.1, -0.05) is 18.2 Å². The lowest BCUT2D eigenvalue weighted by atomic mass is 10.1. The molecule has 0 radical (unpaired) electrons. The average Bonchev–Trinajstić information content (AvgIpc) is 3.94. The second-order valence-electron chi connectivity index (χ2n) is 13.5. The molecule has 4 aromatic heterocycles. The smallest absolute Gasteiger partial charge is 0.229 e. The summed E-state index contributed by atoms with van der Waals surface area (Å²) in [5.74, 6) is -0.802. The number of nitrogens with two attached hydrogens (primary N) is 2. The van der Waals surface area contributed by atoms with Crippen LogP contribution in [0.4, 0.5) is 20.2 Å². The van der Waals surface area contributed by atoms with Gasteiger partial charge in [0.05, 0.1) is 71.5 Å². The molecule has 0 bridgehead atoms. The molecule has 0 fully saturated rings. The number of pyridine rings is 3. The van der Waals surface area contributed by atoms with Gasteiger partial charge in [-0.15, -0.1) is 0 Å². The van der Waals surface area contributed by atoms with Crippen molar-refractivity contribution >= 4 is 28.8 Å². The summed E-state index contributed by atoms with van der Waals surface area (Å²) in [4.78, 5) is 51.0. The number of halogens is 2. The molecule has 5 aromatic rings. The number of hydrogen-bond acceptors (Lipinski definition) is 10. The van der Waals surface area contributed by atoms with Crippen molar-refractivity contribution in [1.29, 1.82) is 0 Å². The van der Waals surface area contributed by atoms with Gasteiger partial charge in [0.2, 0.25) is 11.8 Å². The van der Waals surface area contributed by atoms with Crippen LogP contribution >= 0.6 is 0 Å². The lowest BCUT2D eigenvalue weighted by molar-refractivity contribution is -0.131. The molecule has 55 heavy (non-hydrogen) atoms. The Hall–Kier alpha value is -6.41. The number of fused-ring (bicyclic) bond motifs is 2. The summed E-state index contributed by atoms with van der Waals surface area (Å²) in [6.45, 7) is 4.26. The molecule has 14 heteroatoms. The maximum atomic E-state index is 14.1. The molecule has 1 aliphatic carbocycles. The van der Waals surface area contributed by atoms with E-state index in [-0.39, 0.29) is 30.2 Å². The molecular weight excluding hydrogens is 705 g/mol. The number of allylic oxidation sites excluding steroid dienone is 4. The molecule has 1 aromatic carbocycles. The Labute approximate surface area is 316 Å². The normalized spacial score (nSPS) is 14.0. The van der Waals surface area contributed by atoms with E-state index in [1.807, 2.05) is 37.3 Å². The number of ether oxygens (including phenoxy) is 1. The van der Waals surface area contributed by atoms with Crippen LogP contribution in [-0.2, 0) is 60.0 Å². The van der Waals surface area contributed by atoms with E-state index in [2.05, 4.69) is 31.0 Å². The molecule has 0 saturated heterocycles. The standard InChI is InChI=1S/C22H20F2N4O2.C19H19N5O/c1-30-12-16-6-13-10-28(11-14(13)9-26-16)22(29)8-21-19(25)4-5-20(27-21)17-3-2-15(23)7-18(17)24;1-12-21-9-14-10-24(11-18(14)22-12)19(25)8-17-15(20)6-7-16(23-17)13-4-2-3-5-13/h2-7,9H,8,10-12,25H2,1H3;2-4,6-7,9H,5,8,10-11,20H2,1H3. The summed E-state index contributed by atoms with van der Waals surface area (Å²) in [5, 5.41) is 0. The Morgan fingerprint density at radius 3 is 2.13 bits per heavy atom. The van der Waals surface area contributed by atoms with Gasteiger partial charge in [0.15, 0.2) is 0 Å². The van der Waals surface area contributed by atoms with Crippen molar-refractivity contribution in [2.45, 2.75) is 59.0 Å². The first kappa shape index (κ1) is 36.9. The van der Waals surface area contributed by atoms with Crippen molar-refractivity contribution in [3.8, 4) is 11.3 Å². The molecular formula is C41H39F2N9O3. The zero-order chi connectivity index (χ0) is 38.6. The first-order chi connectivity index (χ1) is 26.5. The quantitative estimate of drug-likeness (QED) is 0.209. The Balaban J connectivity index is 0.000000172. The number of aryl methyl sites for hydroxylation is 1. The fourth-order valence-corrected chi connectivity index (χ4v) is 6.64. The van der Waals surface area contributed by atoms with Crippen LogP contribution in [0.15, 0.2) is 79.2 Å².